The third-order valence-corrected chi connectivity index (χ3v) is 3.99. The van der Waals surface area contributed by atoms with E-state index in [1.807, 2.05) is 20.8 Å². The minimum Gasteiger partial charge on any atom is -0.384 e. The van der Waals surface area contributed by atoms with Crippen molar-refractivity contribution in [3.8, 4) is 0 Å². The van der Waals surface area contributed by atoms with Crippen molar-refractivity contribution >= 4 is 11.6 Å². The fourth-order valence-corrected chi connectivity index (χ4v) is 3.15. The van der Waals surface area contributed by atoms with Gasteiger partial charge in [0.1, 0.15) is 43.2 Å². The van der Waals surface area contributed by atoms with Crippen LogP contribution < -0.4 is 21.9 Å². The second-order valence-corrected chi connectivity index (χ2v) is 6.19. The van der Waals surface area contributed by atoms with E-state index in [4.69, 9.17) is 10.5 Å². The lowest BCUT2D eigenvalue weighted by Gasteiger charge is -2.31. The molecule has 0 aliphatic carbocycles. The number of nitrogens with zero attached hydrogens (tertiary/aromatic N) is 1. The molecular weight excluding hydrogens is 300 g/mol. The molecule has 0 amide bonds. The molecule has 3 atom stereocenters. The molecular formula is C15H25N4O4+. The van der Waals surface area contributed by atoms with Crippen LogP contribution >= 0.6 is 0 Å². The van der Waals surface area contributed by atoms with E-state index in [9.17, 15) is 14.4 Å². The van der Waals surface area contributed by atoms with Gasteiger partial charge in [-0.05, 0) is 20.3 Å². The van der Waals surface area contributed by atoms with E-state index in [0.29, 0.717) is 26.1 Å². The summed E-state index contributed by atoms with van der Waals surface area (Å²) in [6, 6.07) is 0. The molecule has 0 aromatic carbocycles. The summed E-state index contributed by atoms with van der Waals surface area (Å²) in [4.78, 5) is 39.6. The number of anilines is 1. The first-order valence-electron chi connectivity index (χ1n) is 7.98. The molecule has 1 fully saturated rings. The molecule has 2 heterocycles. The Kier molecular flexibility index (Phi) is 5.38. The maximum Gasteiger partial charge on any atom is 0.329 e. The van der Waals surface area contributed by atoms with Crippen LogP contribution in [-0.2, 0) is 11.3 Å². The largest absolute Gasteiger partial charge is 0.384 e. The van der Waals surface area contributed by atoms with Gasteiger partial charge in [-0.25, -0.2) is 4.79 Å². The Morgan fingerprint density at radius 1 is 1.35 bits per heavy atom. The van der Waals surface area contributed by atoms with Gasteiger partial charge in [0.2, 0.25) is 5.78 Å². The van der Waals surface area contributed by atoms with Crippen molar-refractivity contribution in [2.45, 2.75) is 45.9 Å². The molecule has 1 saturated heterocycles. The number of hydrogen-bond donors (Lipinski definition) is 3. The molecule has 1 aliphatic rings. The van der Waals surface area contributed by atoms with Crippen LogP contribution in [0.5, 0.6) is 0 Å². The number of ether oxygens (including phenoxy) is 1. The number of quaternary nitrogens is 1. The van der Waals surface area contributed by atoms with Crippen molar-refractivity contribution in [3.63, 3.8) is 0 Å². The van der Waals surface area contributed by atoms with Gasteiger partial charge in [-0.15, -0.1) is 0 Å². The van der Waals surface area contributed by atoms with Crippen molar-refractivity contribution in [1.29, 1.82) is 0 Å². The molecule has 1 unspecified atom stereocenters. The van der Waals surface area contributed by atoms with Gasteiger partial charge >= 0.3 is 5.69 Å². The van der Waals surface area contributed by atoms with E-state index in [2.05, 4.69) is 4.98 Å². The van der Waals surface area contributed by atoms with Gasteiger partial charge in [-0.1, -0.05) is 6.92 Å². The lowest BCUT2D eigenvalue weighted by atomic mass is 10.1. The van der Waals surface area contributed by atoms with Gasteiger partial charge in [0.25, 0.3) is 5.56 Å². The third kappa shape index (κ3) is 3.89. The summed E-state index contributed by atoms with van der Waals surface area (Å²) in [7, 11) is 0. The third-order valence-electron chi connectivity index (χ3n) is 3.99. The molecule has 0 saturated carbocycles. The van der Waals surface area contributed by atoms with Crippen molar-refractivity contribution < 1.29 is 14.4 Å². The first-order chi connectivity index (χ1) is 10.8. The maximum absolute atomic E-state index is 12.6. The highest BCUT2D eigenvalue weighted by Gasteiger charge is 2.29. The average Bonchev–Trinajstić information content (AvgIpc) is 2.41. The monoisotopic (exact) mass is 325 g/mol. The fourth-order valence-electron chi connectivity index (χ4n) is 3.15. The standard InChI is InChI=1S/C15H24N4O4/c1-4-5-19-13(16)12(14(21)17-15(19)22)11(20)8-18-6-9(2)23-10(3)7-18/h9-10H,4-8,16H2,1-3H3,(H,17,21,22)/p+1/t9-,10+. The van der Waals surface area contributed by atoms with Crippen LogP contribution in [0.2, 0.25) is 0 Å². The molecule has 0 bridgehead atoms. The normalized spacial score (nSPS) is 24.6. The van der Waals surface area contributed by atoms with Crippen LogP contribution in [0.4, 0.5) is 5.82 Å². The van der Waals surface area contributed by atoms with Crippen LogP contribution in [0, 0.1) is 0 Å². The number of morpholine rings is 1. The number of aromatic nitrogens is 2. The molecule has 1 aromatic rings. The highest BCUT2D eigenvalue weighted by atomic mass is 16.5. The van der Waals surface area contributed by atoms with Crippen LogP contribution in [0.3, 0.4) is 0 Å². The van der Waals surface area contributed by atoms with Gasteiger partial charge in [0, 0.05) is 6.54 Å². The number of carbonyl (C=O) groups is 1. The van der Waals surface area contributed by atoms with Crippen molar-refractivity contribution in [3.05, 3.63) is 26.4 Å². The Morgan fingerprint density at radius 2 is 1.96 bits per heavy atom. The van der Waals surface area contributed by atoms with Gasteiger partial charge in [0.05, 0.1) is 0 Å². The molecule has 0 spiro atoms. The number of H-pyrrole nitrogens is 1. The van der Waals surface area contributed by atoms with Gasteiger partial charge < -0.3 is 15.4 Å². The SMILES string of the molecule is CCCn1c(N)c(C(=O)C[NH+]2C[C@@H](C)O[C@@H](C)C2)c(=O)[nH]c1=O. The number of aromatic amines is 1. The summed E-state index contributed by atoms with van der Waals surface area (Å²) in [5.41, 5.74) is 4.52. The highest BCUT2D eigenvalue weighted by molar-refractivity contribution is 6.00. The quantitative estimate of drug-likeness (QED) is 0.565. The number of nitrogen functional groups attached to an aromatic ring is 1. The van der Waals surface area contributed by atoms with E-state index in [0.717, 1.165) is 4.90 Å². The zero-order valence-corrected chi connectivity index (χ0v) is 13.8. The van der Waals surface area contributed by atoms with E-state index < -0.39 is 11.2 Å². The number of carbonyl (C=O) groups excluding carboxylic acids is 1. The topological polar surface area (TPSA) is 112 Å². The Hall–Kier alpha value is -1.93. The predicted octanol–water partition coefficient (Wildman–Crippen LogP) is -1.60. The summed E-state index contributed by atoms with van der Waals surface area (Å²) in [6.07, 6.45) is 0.797. The Balaban J connectivity index is 2.27. The van der Waals surface area contributed by atoms with E-state index in [1.54, 1.807) is 0 Å². The lowest BCUT2D eigenvalue weighted by molar-refractivity contribution is -0.906. The molecule has 8 nitrogen and oxygen atoms in total. The molecule has 0 radical (unpaired) electrons. The summed E-state index contributed by atoms with van der Waals surface area (Å²) in [5, 5.41) is 0. The Bertz CT molecular complexity index is 684. The predicted molar refractivity (Wildman–Crippen MR) is 85.9 cm³/mol. The van der Waals surface area contributed by atoms with Crippen LogP contribution in [-0.4, -0.2) is 47.2 Å². The zero-order valence-electron chi connectivity index (χ0n) is 13.8. The number of nitrogens with two attached hydrogens (primary N) is 1. The average molecular weight is 325 g/mol. The molecule has 23 heavy (non-hydrogen) atoms. The van der Waals surface area contributed by atoms with Crippen LogP contribution in [0.25, 0.3) is 0 Å². The molecule has 2 rings (SSSR count). The fraction of sp³-hybridized carbons (Fsp3) is 0.667. The van der Waals surface area contributed by atoms with E-state index in [1.165, 1.54) is 4.57 Å². The first kappa shape index (κ1) is 17.4. The van der Waals surface area contributed by atoms with Gasteiger partial charge in [-0.2, -0.15) is 0 Å². The maximum atomic E-state index is 12.6. The number of Topliss-reactive ketones (excluding diaryl/α,β-unsaturated/α-hetero) is 1. The summed E-state index contributed by atoms with van der Waals surface area (Å²) in [5.74, 6) is -0.385. The molecule has 4 N–H and O–H groups in total. The number of ketones is 1. The van der Waals surface area contributed by atoms with Crippen molar-refractivity contribution in [2.75, 3.05) is 25.4 Å². The molecule has 1 aromatic heterocycles. The Labute approximate surface area is 134 Å². The first-order valence-corrected chi connectivity index (χ1v) is 7.98. The van der Waals surface area contributed by atoms with Gasteiger partial charge in [-0.3, -0.25) is 19.1 Å². The summed E-state index contributed by atoms with van der Waals surface area (Å²) in [6.45, 7) is 7.73. The van der Waals surface area contributed by atoms with Crippen molar-refractivity contribution in [2.24, 2.45) is 0 Å². The minimum atomic E-state index is -0.710. The van der Waals surface area contributed by atoms with E-state index in [-0.39, 0.29) is 35.9 Å². The number of rotatable bonds is 5. The van der Waals surface area contributed by atoms with Gasteiger partial charge in [0.15, 0.2) is 0 Å². The van der Waals surface area contributed by atoms with E-state index >= 15 is 0 Å². The van der Waals surface area contributed by atoms with Crippen LogP contribution in [0.1, 0.15) is 37.6 Å². The minimum absolute atomic E-state index is 0.0423. The molecule has 1 aliphatic heterocycles. The molecule has 128 valence electrons. The summed E-state index contributed by atoms with van der Waals surface area (Å²) < 4.78 is 6.89. The lowest BCUT2D eigenvalue weighted by Crippen LogP contribution is -3.16. The Morgan fingerprint density at radius 3 is 2.52 bits per heavy atom. The second-order valence-electron chi connectivity index (χ2n) is 6.19. The number of hydrogen-bond acceptors (Lipinski definition) is 5. The van der Waals surface area contributed by atoms with Crippen molar-refractivity contribution in [1.82, 2.24) is 9.55 Å². The number of nitrogens with one attached hydrogen (secondary N) is 2. The second kappa shape index (κ2) is 7.10. The van der Waals surface area contributed by atoms with Crippen LogP contribution in [0.15, 0.2) is 9.59 Å². The molecule has 8 heteroatoms. The zero-order chi connectivity index (χ0) is 17.1. The summed E-state index contributed by atoms with van der Waals surface area (Å²) >= 11 is 0. The smallest absolute Gasteiger partial charge is 0.329 e. The highest BCUT2D eigenvalue weighted by Crippen LogP contribution is 2.05.